The summed E-state index contributed by atoms with van der Waals surface area (Å²) in [5.41, 5.74) is 9.59. The molecule has 0 radical (unpaired) electrons. The maximum atomic E-state index is 7.25. The minimum absolute atomic E-state index is 0.843. The average molecular weight is 894 g/mol. The number of ether oxygens (including phenoxy) is 2. The van der Waals surface area contributed by atoms with Gasteiger partial charge >= 0.3 is 0 Å². The summed E-state index contributed by atoms with van der Waals surface area (Å²) in [4.78, 5) is 5.76. The van der Waals surface area contributed by atoms with E-state index < -0.39 is 16.1 Å². The summed E-state index contributed by atoms with van der Waals surface area (Å²) in [6.07, 6.45) is 0. The number of aryl methyl sites for hydroxylation is 3. The van der Waals surface area contributed by atoms with Crippen molar-refractivity contribution in [2.45, 2.75) is 20.8 Å². The molecule has 1 aromatic heterocycles. The van der Waals surface area contributed by atoms with Crippen LogP contribution in [0.5, 0.6) is 23.0 Å². The molecule has 2 aliphatic rings. The second-order valence-corrected chi connectivity index (χ2v) is 25.4. The first-order valence-electron chi connectivity index (χ1n) is 23.1. The van der Waals surface area contributed by atoms with Gasteiger partial charge in [0.15, 0.2) is 16.1 Å². The first-order valence-corrected chi connectivity index (χ1v) is 27.1. The Bertz CT molecular complexity index is 3200. The van der Waals surface area contributed by atoms with Crippen LogP contribution < -0.4 is 51.0 Å². The predicted octanol–water partition coefficient (Wildman–Crippen LogP) is 9.97. The largest absolute Gasteiger partial charge is 0.457 e. The predicted molar refractivity (Wildman–Crippen MR) is 282 cm³/mol. The molecule has 0 bridgehead atoms. The van der Waals surface area contributed by atoms with Crippen LogP contribution in [0.2, 0.25) is 0 Å². The van der Waals surface area contributed by atoms with E-state index in [1.54, 1.807) is 0 Å². The first-order chi connectivity index (χ1) is 33.0. The molecule has 3 nitrogen and oxygen atoms in total. The summed E-state index contributed by atoms with van der Waals surface area (Å²) < 4.78 is 14.5. The Morgan fingerprint density at radius 2 is 0.687 bits per heavy atom. The molecule has 10 aromatic rings. The van der Waals surface area contributed by atoms with E-state index in [-0.39, 0.29) is 0 Å². The lowest BCUT2D eigenvalue weighted by Crippen LogP contribution is -2.76. The Morgan fingerprint density at radius 3 is 1.07 bits per heavy atom. The topological polar surface area (TPSA) is 31.4 Å². The maximum Gasteiger partial charge on any atom is 0.188 e. The van der Waals surface area contributed by atoms with E-state index in [0.29, 0.717) is 0 Å². The zero-order chi connectivity index (χ0) is 45.1. The Kier molecular flexibility index (Phi) is 9.86. The Labute approximate surface area is 394 Å². The molecule has 0 saturated heterocycles. The highest BCUT2D eigenvalue weighted by Gasteiger charge is 2.50. The van der Waals surface area contributed by atoms with Crippen molar-refractivity contribution < 1.29 is 9.47 Å². The van der Waals surface area contributed by atoms with Crippen molar-refractivity contribution in [3.8, 4) is 56.6 Å². The summed E-state index contributed by atoms with van der Waals surface area (Å²) in [5.74, 6) is 3.48. The van der Waals surface area contributed by atoms with Crippen LogP contribution in [0, 0.1) is 20.8 Å². The monoisotopic (exact) mass is 893 g/mol. The molecule has 9 aromatic carbocycles. The number of pyridine rings is 1. The molecule has 0 spiro atoms. The molecule has 0 unspecified atom stereocenters. The summed E-state index contributed by atoms with van der Waals surface area (Å²) in [7, 11) is -5.84. The molecule has 0 saturated carbocycles. The minimum atomic E-state index is -2.92. The standard InChI is InChI=1S/C62H47NO2Si2/c1-42-38-43(2)60(44(3)39-42)45-40-52(50-30-20-36-58-61(50)64-54-32-16-18-34-56(54)66(58,46-22-8-4-9-23-46)47-24-10-5-11-25-47)63-53(41-45)51-31-21-37-59-62(51)65-55-33-17-19-35-57(55)67(59,48-26-12-6-13-27-48)49-28-14-7-15-29-49/h4-41H,1-3H3. The van der Waals surface area contributed by atoms with Crippen LogP contribution in [-0.2, 0) is 0 Å². The van der Waals surface area contributed by atoms with Crippen molar-refractivity contribution in [1.29, 1.82) is 0 Å². The number of fused-ring (bicyclic) bond motifs is 4. The van der Waals surface area contributed by atoms with Crippen molar-refractivity contribution >= 4 is 57.6 Å². The van der Waals surface area contributed by atoms with Gasteiger partial charge < -0.3 is 9.47 Å². The van der Waals surface area contributed by atoms with Gasteiger partial charge in [0.05, 0.1) is 11.4 Å². The van der Waals surface area contributed by atoms with Gasteiger partial charge in [-0.25, -0.2) is 4.98 Å². The third-order valence-corrected chi connectivity index (χ3v) is 23.7. The van der Waals surface area contributed by atoms with Gasteiger partial charge in [-0.15, -0.1) is 0 Å². The number of para-hydroxylation sites is 4. The number of nitrogens with zero attached hydrogens (tertiary/aromatic N) is 1. The highest BCUT2D eigenvalue weighted by atomic mass is 28.3. The summed E-state index contributed by atoms with van der Waals surface area (Å²) in [6, 6.07) is 84.2. The first kappa shape index (κ1) is 40.7. The second kappa shape index (κ2) is 16.2. The molecule has 67 heavy (non-hydrogen) atoms. The summed E-state index contributed by atoms with van der Waals surface area (Å²) in [6.45, 7) is 6.63. The fourth-order valence-corrected chi connectivity index (χ4v) is 21.4. The Morgan fingerprint density at radius 1 is 0.343 bits per heavy atom. The molecule has 0 fully saturated rings. The van der Waals surface area contributed by atoms with Gasteiger partial charge in [0.1, 0.15) is 23.0 Å². The van der Waals surface area contributed by atoms with Gasteiger partial charge in [-0.05, 0) is 121 Å². The summed E-state index contributed by atoms with van der Waals surface area (Å²) in [5, 5.41) is 10.1. The number of aromatic nitrogens is 1. The fourth-order valence-electron chi connectivity index (χ4n) is 11.4. The molecule has 0 atom stereocenters. The van der Waals surface area contributed by atoms with Crippen molar-refractivity contribution in [3.63, 3.8) is 0 Å². The zero-order valence-corrected chi connectivity index (χ0v) is 39.7. The van der Waals surface area contributed by atoms with Crippen LogP contribution in [0.3, 0.4) is 0 Å². The van der Waals surface area contributed by atoms with Crippen molar-refractivity contribution in [2.24, 2.45) is 0 Å². The minimum Gasteiger partial charge on any atom is -0.457 e. The average Bonchev–Trinajstić information content (AvgIpc) is 3.37. The second-order valence-electron chi connectivity index (χ2n) is 17.9. The van der Waals surface area contributed by atoms with E-state index in [1.165, 1.54) is 63.7 Å². The van der Waals surface area contributed by atoms with Gasteiger partial charge in [-0.3, -0.25) is 0 Å². The van der Waals surface area contributed by atoms with Crippen LogP contribution >= 0.6 is 0 Å². The van der Waals surface area contributed by atoms with Crippen LogP contribution in [-0.4, -0.2) is 21.1 Å². The van der Waals surface area contributed by atoms with Gasteiger partial charge in [0.2, 0.25) is 0 Å². The quantitative estimate of drug-likeness (QED) is 0.150. The van der Waals surface area contributed by atoms with E-state index in [9.17, 15) is 0 Å². The molecule has 5 heteroatoms. The molecule has 0 N–H and O–H groups in total. The van der Waals surface area contributed by atoms with Gasteiger partial charge in [0, 0.05) is 11.1 Å². The van der Waals surface area contributed by atoms with E-state index in [4.69, 9.17) is 14.5 Å². The fraction of sp³-hybridized carbons (Fsp3) is 0.0484. The normalized spacial score (nSPS) is 13.8. The van der Waals surface area contributed by atoms with E-state index >= 15 is 0 Å². The smallest absolute Gasteiger partial charge is 0.188 e. The molecule has 320 valence electrons. The van der Waals surface area contributed by atoms with Gasteiger partial charge in [-0.2, -0.15) is 0 Å². The van der Waals surface area contributed by atoms with Crippen LogP contribution in [0.25, 0.3) is 33.6 Å². The third-order valence-electron chi connectivity index (χ3n) is 14.0. The van der Waals surface area contributed by atoms with E-state index in [0.717, 1.165) is 51.1 Å². The zero-order valence-electron chi connectivity index (χ0n) is 37.7. The molecule has 0 aliphatic carbocycles. The lowest BCUT2D eigenvalue weighted by Gasteiger charge is -2.40. The number of benzene rings is 9. The molecule has 2 aliphatic heterocycles. The van der Waals surface area contributed by atoms with Crippen molar-refractivity contribution in [1.82, 2.24) is 4.98 Å². The van der Waals surface area contributed by atoms with Crippen molar-refractivity contribution in [3.05, 3.63) is 247 Å². The van der Waals surface area contributed by atoms with Gasteiger partial charge in [0.25, 0.3) is 0 Å². The van der Waals surface area contributed by atoms with Crippen LogP contribution in [0.4, 0.5) is 0 Å². The number of rotatable bonds is 7. The highest BCUT2D eigenvalue weighted by Crippen LogP contribution is 2.43. The highest BCUT2D eigenvalue weighted by molar-refractivity contribution is 7.21. The van der Waals surface area contributed by atoms with Gasteiger partial charge in [-0.1, -0.05) is 200 Å². The SMILES string of the molecule is Cc1cc(C)c(-c2cc(-c3cccc4c3Oc3ccccc3[Si]4(c3ccccc3)c3ccccc3)nc(-c3cccc4c3Oc3ccccc3[Si]4(c3ccccc3)c3ccccc3)c2)c(C)c1. The molecule has 3 heterocycles. The Hall–Kier alpha value is -7.84. The van der Waals surface area contributed by atoms with E-state index in [2.05, 4.69) is 251 Å². The third kappa shape index (κ3) is 6.34. The number of hydrogen-bond acceptors (Lipinski definition) is 3. The summed E-state index contributed by atoms with van der Waals surface area (Å²) >= 11 is 0. The van der Waals surface area contributed by atoms with Crippen LogP contribution in [0.15, 0.2) is 231 Å². The Balaban J connectivity index is 1.15. The lowest BCUT2D eigenvalue weighted by molar-refractivity contribution is 0.488. The molecular weight excluding hydrogens is 847 g/mol. The molecular formula is C62H47NO2Si2. The maximum absolute atomic E-state index is 7.25. The molecule has 12 rings (SSSR count). The molecule has 0 amide bonds. The lowest BCUT2D eigenvalue weighted by atomic mass is 9.92. The van der Waals surface area contributed by atoms with Crippen molar-refractivity contribution in [2.75, 3.05) is 0 Å². The van der Waals surface area contributed by atoms with Crippen LogP contribution in [0.1, 0.15) is 16.7 Å². The number of hydrogen-bond donors (Lipinski definition) is 0. The van der Waals surface area contributed by atoms with E-state index in [1.807, 2.05) is 0 Å².